The van der Waals surface area contributed by atoms with Crippen molar-refractivity contribution in [3.8, 4) is 0 Å². The number of rotatable bonds is 7. The minimum absolute atomic E-state index is 0.146. The third-order valence-electron chi connectivity index (χ3n) is 3.41. The van der Waals surface area contributed by atoms with Crippen LogP contribution in [0.25, 0.3) is 0 Å². The van der Waals surface area contributed by atoms with Gasteiger partial charge in [0.25, 0.3) is 0 Å². The minimum Gasteiger partial charge on any atom is -0.465 e. The molecule has 1 fully saturated rings. The molecule has 1 aliphatic rings. The minimum atomic E-state index is -6.26. The lowest BCUT2D eigenvalue weighted by molar-refractivity contribution is -0.181. The Balaban J connectivity index is 2.68. The monoisotopic (exact) mass is 352 g/mol. The Labute approximate surface area is 124 Å². The number of carbonyl (C=O) groups excluding carboxylic acids is 1. The van der Waals surface area contributed by atoms with Crippen LogP contribution in [-0.4, -0.2) is 48.9 Å². The van der Waals surface area contributed by atoms with Crippen molar-refractivity contribution in [1.82, 2.24) is 0 Å². The fourth-order valence-electron chi connectivity index (χ4n) is 2.00. The first kappa shape index (κ1) is 19.1. The molecule has 6 nitrogen and oxygen atoms in total. The van der Waals surface area contributed by atoms with Crippen molar-refractivity contribution in [3.05, 3.63) is 0 Å². The van der Waals surface area contributed by atoms with Crippen LogP contribution in [0.15, 0.2) is 0 Å². The van der Waals surface area contributed by atoms with Gasteiger partial charge in [-0.2, -0.15) is 26.0 Å². The molecule has 0 spiro atoms. The van der Waals surface area contributed by atoms with Gasteiger partial charge in [0, 0.05) is 6.42 Å². The number of halogens is 4. The Morgan fingerprint density at radius 2 is 1.86 bits per heavy atom. The molecule has 1 heterocycles. The van der Waals surface area contributed by atoms with E-state index >= 15 is 0 Å². The van der Waals surface area contributed by atoms with Crippen LogP contribution in [0.3, 0.4) is 0 Å². The average Bonchev–Trinajstić information content (AvgIpc) is 2.73. The summed E-state index contributed by atoms with van der Waals surface area (Å²) < 4.78 is 91.1. The quantitative estimate of drug-likeness (QED) is 0.427. The number of alkyl halides is 4. The van der Waals surface area contributed by atoms with E-state index in [0.29, 0.717) is 6.42 Å². The maximum absolute atomic E-state index is 13.3. The number of esters is 1. The van der Waals surface area contributed by atoms with E-state index in [4.69, 9.17) is 14.0 Å². The zero-order valence-corrected chi connectivity index (χ0v) is 12.6. The van der Waals surface area contributed by atoms with Crippen LogP contribution in [0.5, 0.6) is 0 Å². The molecular formula is C11H16F4O6S. The normalized spacial score (nSPS) is 21.0. The first-order valence-corrected chi connectivity index (χ1v) is 7.69. The van der Waals surface area contributed by atoms with Crippen LogP contribution in [0.4, 0.5) is 17.6 Å². The Hall–Kier alpha value is -0.940. The van der Waals surface area contributed by atoms with Gasteiger partial charge in [-0.1, -0.05) is 0 Å². The summed E-state index contributed by atoms with van der Waals surface area (Å²) in [5.74, 6) is -6.34. The van der Waals surface area contributed by atoms with E-state index < -0.39 is 51.8 Å². The van der Waals surface area contributed by atoms with Gasteiger partial charge in [0.1, 0.15) is 0 Å². The molecule has 1 rings (SSSR count). The largest absolute Gasteiger partial charge is 0.465 e. The number of hydrogen-bond acceptors (Lipinski definition) is 5. The van der Waals surface area contributed by atoms with Gasteiger partial charge in [0.15, 0.2) is 0 Å². The van der Waals surface area contributed by atoms with Crippen molar-refractivity contribution in [1.29, 1.82) is 0 Å². The molecule has 0 amide bonds. The SMILES string of the molecule is CC(C)(OCCC(F)(F)C(F)(F)S(=O)(=O)O)C1CCOC1=O. The van der Waals surface area contributed by atoms with Gasteiger partial charge >= 0.3 is 27.3 Å². The van der Waals surface area contributed by atoms with Crippen LogP contribution in [0, 0.1) is 5.92 Å². The van der Waals surface area contributed by atoms with Gasteiger partial charge in [-0.15, -0.1) is 0 Å². The lowest BCUT2D eigenvalue weighted by Gasteiger charge is -2.30. The third-order valence-corrected chi connectivity index (χ3v) is 4.36. The average molecular weight is 352 g/mol. The molecule has 11 heteroatoms. The van der Waals surface area contributed by atoms with Gasteiger partial charge in [-0.05, 0) is 20.3 Å². The van der Waals surface area contributed by atoms with Crippen molar-refractivity contribution in [2.75, 3.05) is 13.2 Å². The highest BCUT2D eigenvalue weighted by Gasteiger charge is 2.65. The van der Waals surface area contributed by atoms with Crippen LogP contribution < -0.4 is 0 Å². The molecule has 0 aromatic carbocycles. The molecule has 130 valence electrons. The molecule has 0 bridgehead atoms. The molecule has 1 atom stereocenters. The maximum Gasteiger partial charge on any atom is 0.431 e. The standard InChI is InChI=1S/C11H16F4O6S/c1-9(2,7-3-5-20-8(7)16)21-6-4-10(12,13)11(14,15)22(17,18)19/h7H,3-6H2,1-2H3,(H,17,18,19). The van der Waals surface area contributed by atoms with Gasteiger partial charge < -0.3 is 9.47 Å². The molecule has 0 aliphatic carbocycles. The highest BCUT2D eigenvalue weighted by atomic mass is 32.2. The van der Waals surface area contributed by atoms with Crippen molar-refractivity contribution in [2.24, 2.45) is 5.92 Å². The smallest absolute Gasteiger partial charge is 0.431 e. The summed E-state index contributed by atoms with van der Waals surface area (Å²) in [6.45, 7) is 2.02. The van der Waals surface area contributed by atoms with Gasteiger partial charge in [-0.3, -0.25) is 9.35 Å². The Morgan fingerprint density at radius 3 is 2.27 bits per heavy atom. The van der Waals surface area contributed by atoms with Crippen LogP contribution in [0.1, 0.15) is 26.7 Å². The van der Waals surface area contributed by atoms with Crippen LogP contribution in [0.2, 0.25) is 0 Å². The molecule has 0 saturated carbocycles. The van der Waals surface area contributed by atoms with Crippen LogP contribution >= 0.6 is 0 Å². The zero-order chi connectivity index (χ0) is 17.4. The summed E-state index contributed by atoms with van der Waals surface area (Å²) in [4.78, 5) is 11.4. The van der Waals surface area contributed by atoms with Crippen molar-refractivity contribution in [2.45, 2.75) is 43.5 Å². The number of ether oxygens (including phenoxy) is 2. The Bertz CT molecular complexity index is 531. The predicted octanol–water partition coefficient (Wildman–Crippen LogP) is 1.85. The first-order valence-electron chi connectivity index (χ1n) is 6.25. The summed E-state index contributed by atoms with van der Waals surface area (Å²) in [7, 11) is -6.26. The predicted molar refractivity (Wildman–Crippen MR) is 65.2 cm³/mol. The molecule has 0 radical (unpaired) electrons. The maximum atomic E-state index is 13.3. The highest BCUT2D eigenvalue weighted by molar-refractivity contribution is 7.87. The van der Waals surface area contributed by atoms with E-state index in [0.717, 1.165) is 0 Å². The number of hydrogen-bond donors (Lipinski definition) is 1. The molecule has 0 aromatic heterocycles. The van der Waals surface area contributed by atoms with Crippen LogP contribution in [-0.2, 0) is 24.4 Å². The van der Waals surface area contributed by atoms with Crippen molar-refractivity contribution in [3.63, 3.8) is 0 Å². The molecule has 1 N–H and O–H groups in total. The fraction of sp³-hybridized carbons (Fsp3) is 0.909. The molecule has 22 heavy (non-hydrogen) atoms. The molecular weight excluding hydrogens is 336 g/mol. The van der Waals surface area contributed by atoms with Gasteiger partial charge in [0.05, 0.1) is 24.7 Å². The van der Waals surface area contributed by atoms with Crippen molar-refractivity contribution >= 4 is 16.1 Å². The lowest BCUT2D eigenvalue weighted by Crippen LogP contribution is -2.48. The summed E-state index contributed by atoms with van der Waals surface area (Å²) in [6, 6.07) is 0. The zero-order valence-electron chi connectivity index (χ0n) is 11.8. The Kier molecular flexibility index (Phi) is 5.15. The molecule has 1 unspecified atom stereocenters. The van der Waals surface area contributed by atoms with E-state index in [-0.39, 0.29) is 6.61 Å². The van der Waals surface area contributed by atoms with E-state index in [2.05, 4.69) is 0 Å². The summed E-state index contributed by atoms with van der Waals surface area (Å²) in [5, 5.41) is -5.63. The number of cyclic esters (lactones) is 1. The molecule has 1 aliphatic heterocycles. The van der Waals surface area contributed by atoms with E-state index in [1.165, 1.54) is 13.8 Å². The molecule has 1 saturated heterocycles. The fourth-order valence-corrected chi connectivity index (χ4v) is 2.48. The summed E-state index contributed by atoms with van der Waals surface area (Å²) in [5.41, 5.74) is -1.24. The van der Waals surface area contributed by atoms with E-state index in [1.807, 2.05) is 0 Å². The second-order valence-corrected chi connectivity index (χ2v) is 6.87. The highest BCUT2D eigenvalue weighted by Crippen LogP contribution is 2.41. The number of carbonyl (C=O) groups is 1. The second kappa shape index (κ2) is 5.93. The topological polar surface area (TPSA) is 89.9 Å². The van der Waals surface area contributed by atoms with Gasteiger partial charge in [-0.25, -0.2) is 0 Å². The summed E-state index contributed by atoms with van der Waals surface area (Å²) in [6.07, 6.45) is -1.35. The van der Waals surface area contributed by atoms with E-state index in [1.54, 1.807) is 0 Å². The molecule has 0 aromatic rings. The second-order valence-electron chi connectivity index (χ2n) is 5.41. The summed E-state index contributed by atoms with van der Waals surface area (Å²) >= 11 is 0. The van der Waals surface area contributed by atoms with Crippen molar-refractivity contribution < 1.29 is 44.8 Å². The van der Waals surface area contributed by atoms with Gasteiger partial charge in [0.2, 0.25) is 0 Å². The van der Waals surface area contributed by atoms with E-state index in [9.17, 15) is 30.8 Å². The Morgan fingerprint density at radius 1 is 1.32 bits per heavy atom. The third kappa shape index (κ3) is 3.69. The lowest BCUT2D eigenvalue weighted by atomic mass is 9.89. The first-order chi connectivity index (χ1) is 9.72.